The zero-order chi connectivity index (χ0) is 14.2. The molecule has 0 aliphatic heterocycles. The molecule has 0 radical (unpaired) electrons. The van der Waals surface area contributed by atoms with Gasteiger partial charge in [0.15, 0.2) is 0 Å². The maximum Gasteiger partial charge on any atom is 0.345 e. The van der Waals surface area contributed by atoms with Crippen molar-refractivity contribution in [2.24, 2.45) is 0 Å². The van der Waals surface area contributed by atoms with Crippen molar-refractivity contribution >= 4 is 0 Å². The summed E-state index contributed by atoms with van der Waals surface area (Å²) in [6, 6.07) is 8.28. The fourth-order valence-electron chi connectivity index (χ4n) is 2.08. The van der Waals surface area contributed by atoms with Crippen LogP contribution in [0.1, 0.15) is 37.6 Å². The van der Waals surface area contributed by atoms with Gasteiger partial charge >= 0.3 is 5.69 Å². The van der Waals surface area contributed by atoms with E-state index in [0.717, 1.165) is 22.5 Å². The fourth-order valence-corrected chi connectivity index (χ4v) is 2.08. The number of nitrogens with one attached hydrogen (secondary N) is 1. The van der Waals surface area contributed by atoms with E-state index in [9.17, 15) is 4.79 Å². The Balaban J connectivity index is 2.64. The third-order valence-electron chi connectivity index (χ3n) is 3.26. The molecule has 1 N–H and O–H groups in total. The molecule has 1 aromatic heterocycles. The van der Waals surface area contributed by atoms with Gasteiger partial charge in [-0.2, -0.15) is 4.98 Å². The molecular weight excluding hydrogens is 236 g/mol. The number of nitrogens with zero attached hydrogens (tertiary/aromatic N) is 1. The molecule has 0 spiro atoms. The molecule has 0 aliphatic rings. The molecule has 0 unspecified atom stereocenters. The van der Waals surface area contributed by atoms with Crippen LogP contribution in [-0.4, -0.2) is 9.97 Å². The molecule has 0 fully saturated rings. The SMILES string of the molecule is Cc1cc(-c2cc(C(C)(C)C)ccc2C)nc(=O)[nH]1. The van der Waals surface area contributed by atoms with E-state index in [1.165, 1.54) is 5.56 Å². The third-order valence-corrected chi connectivity index (χ3v) is 3.26. The van der Waals surface area contributed by atoms with Crippen LogP contribution < -0.4 is 5.69 Å². The van der Waals surface area contributed by atoms with Gasteiger partial charge in [-0.25, -0.2) is 4.79 Å². The molecule has 0 atom stereocenters. The number of aryl methyl sites for hydroxylation is 2. The molecule has 0 saturated heterocycles. The van der Waals surface area contributed by atoms with E-state index in [1.807, 2.05) is 19.9 Å². The summed E-state index contributed by atoms with van der Waals surface area (Å²) < 4.78 is 0. The van der Waals surface area contributed by atoms with Gasteiger partial charge in [-0.1, -0.05) is 32.9 Å². The van der Waals surface area contributed by atoms with Crippen LogP contribution in [0.3, 0.4) is 0 Å². The van der Waals surface area contributed by atoms with Gasteiger partial charge in [0.25, 0.3) is 0 Å². The Bertz CT molecular complexity index is 663. The van der Waals surface area contributed by atoms with Crippen LogP contribution in [0, 0.1) is 13.8 Å². The normalized spacial score (nSPS) is 11.6. The number of aromatic nitrogens is 2. The molecule has 100 valence electrons. The van der Waals surface area contributed by atoms with E-state index in [0.29, 0.717) is 0 Å². The summed E-state index contributed by atoms with van der Waals surface area (Å²) in [5, 5.41) is 0. The summed E-state index contributed by atoms with van der Waals surface area (Å²) in [5.74, 6) is 0. The first-order chi connectivity index (χ1) is 8.77. The van der Waals surface area contributed by atoms with Crippen molar-refractivity contribution in [3.8, 4) is 11.3 Å². The van der Waals surface area contributed by atoms with Crippen molar-refractivity contribution in [2.45, 2.75) is 40.0 Å². The lowest BCUT2D eigenvalue weighted by Gasteiger charge is -2.20. The topological polar surface area (TPSA) is 45.8 Å². The molecule has 3 nitrogen and oxygen atoms in total. The lowest BCUT2D eigenvalue weighted by molar-refractivity contribution is 0.590. The Morgan fingerprint density at radius 1 is 1.11 bits per heavy atom. The van der Waals surface area contributed by atoms with Crippen molar-refractivity contribution in [3.05, 3.63) is 51.6 Å². The number of hydrogen-bond acceptors (Lipinski definition) is 2. The average molecular weight is 256 g/mol. The Kier molecular flexibility index (Phi) is 3.31. The number of aromatic amines is 1. The fraction of sp³-hybridized carbons (Fsp3) is 0.375. The maximum atomic E-state index is 11.5. The zero-order valence-electron chi connectivity index (χ0n) is 12.2. The smallest absolute Gasteiger partial charge is 0.310 e. The molecule has 0 aliphatic carbocycles. The molecular formula is C16H20N2O. The minimum atomic E-state index is -0.296. The first-order valence-corrected chi connectivity index (χ1v) is 6.47. The average Bonchev–Trinajstić information content (AvgIpc) is 2.26. The van der Waals surface area contributed by atoms with Gasteiger partial charge in [-0.15, -0.1) is 0 Å². The summed E-state index contributed by atoms with van der Waals surface area (Å²) in [6.07, 6.45) is 0. The second-order valence-corrected chi connectivity index (χ2v) is 6.03. The standard InChI is InChI=1S/C16H20N2O/c1-10-6-7-12(16(3,4)5)9-13(10)14-8-11(2)17-15(19)18-14/h6-9H,1-5H3,(H,17,18,19). The van der Waals surface area contributed by atoms with Gasteiger partial charge in [0.1, 0.15) is 0 Å². The highest BCUT2D eigenvalue weighted by Crippen LogP contribution is 2.29. The van der Waals surface area contributed by atoms with Crippen molar-refractivity contribution in [3.63, 3.8) is 0 Å². The minimum Gasteiger partial charge on any atom is -0.310 e. The largest absolute Gasteiger partial charge is 0.345 e. The van der Waals surface area contributed by atoms with Crippen LogP contribution >= 0.6 is 0 Å². The van der Waals surface area contributed by atoms with Crippen LogP contribution in [-0.2, 0) is 5.41 Å². The van der Waals surface area contributed by atoms with Gasteiger partial charge in [0, 0.05) is 11.3 Å². The molecule has 1 aromatic carbocycles. The quantitative estimate of drug-likeness (QED) is 0.850. The number of hydrogen-bond donors (Lipinski definition) is 1. The highest BCUT2D eigenvalue weighted by molar-refractivity contribution is 5.64. The van der Waals surface area contributed by atoms with E-state index in [1.54, 1.807) is 0 Å². The maximum absolute atomic E-state index is 11.5. The zero-order valence-corrected chi connectivity index (χ0v) is 12.2. The van der Waals surface area contributed by atoms with Gasteiger partial charge in [-0.05, 0) is 42.5 Å². The van der Waals surface area contributed by atoms with E-state index in [-0.39, 0.29) is 11.1 Å². The van der Waals surface area contributed by atoms with Gasteiger partial charge in [0.05, 0.1) is 5.69 Å². The predicted molar refractivity (Wildman–Crippen MR) is 78.5 cm³/mol. The van der Waals surface area contributed by atoms with E-state index < -0.39 is 0 Å². The lowest BCUT2D eigenvalue weighted by atomic mass is 9.85. The summed E-state index contributed by atoms with van der Waals surface area (Å²) in [5.41, 5.74) is 4.76. The summed E-state index contributed by atoms with van der Waals surface area (Å²) in [6.45, 7) is 10.4. The van der Waals surface area contributed by atoms with Crippen LogP contribution in [0.4, 0.5) is 0 Å². The van der Waals surface area contributed by atoms with E-state index >= 15 is 0 Å². The van der Waals surface area contributed by atoms with E-state index in [4.69, 9.17) is 0 Å². The highest BCUT2D eigenvalue weighted by Gasteiger charge is 2.16. The van der Waals surface area contributed by atoms with Gasteiger partial charge in [0.2, 0.25) is 0 Å². The van der Waals surface area contributed by atoms with Crippen molar-refractivity contribution in [1.82, 2.24) is 9.97 Å². The van der Waals surface area contributed by atoms with Gasteiger partial charge in [-0.3, -0.25) is 0 Å². The Morgan fingerprint density at radius 3 is 2.37 bits per heavy atom. The van der Waals surface area contributed by atoms with Crippen molar-refractivity contribution in [1.29, 1.82) is 0 Å². The summed E-state index contributed by atoms with van der Waals surface area (Å²) >= 11 is 0. The third kappa shape index (κ3) is 2.92. The first kappa shape index (κ1) is 13.5. The summed E-state index contributed by atoms with van der Waals surface area (Å²) in [4.78, 5) is 18.3. The minimum absolute atomic E-state index is 0.0820. The monoisotopic (exact) mass is 256 g/mol. The van der Waals surface area contributed by atoms with Crippen LogP contribution in [0.25, 0.3) is 11.3 Å². The second kappa shape index (κ2) is 4.65. The molecule has 3 heteroatoms. The second-order valence-electron chi connectivity index (χ2n) is 6.03. The molecule has 2 aromatic rings. The Hall–Kier alpha value is -1.90. The number of rotatable bonds is 1. The van der Waals surface area contributed by atoms with Crippen LogP contribution in [0.5, 0.6) is 0 Å². The molecule has 0 bridgehead atoms. The molecule has 19 heavy (non-hydrogen) atoms. The Labute approximate surface area is 113 Å². The predicted octanol–water partition coefficient (Wildman–Crippen LogP) is 3.35. The lowest BCUT2D eigenvalue weighted by Crippen LogP contribution is -2.14. The van der Waals surface area contributed by atoms with E-state index in [2.05, 4.69) is 48.9 Å². The molecule has 0 amide bonds. The first-order valence-electron chi connectivity index (χ1n) is 6.47. The summed E-state index contributed by atoms with van der Waals surface area (Å²) in [7, 11) is 0. The highest BCUT2D eigenvalue weighted by atomic mass is 16.1. The van der Waals surface area contributed by atoms with Crippen LogP contribution in [0.15, 0.2) is 29.1 Å². The molecule has 1 heterocycles. The van der Waals surface area contributed by atoms with Crippen LogP contribution in [0.2, 0.25) is 0 Å². The van der Waals surface area contributed by atoms with Gasteiger partial charge < -0.3 is 4.98 Å². The Morgan fingerprint density at radius 2 is 1.79 bits per heavy atom. The number of benzene rings is 1. The molecule has 2 rings (SSSR count). The van der Waals surface area contributed by atoms with Crippen molar-refractivity contribution in [2.75, 3.05) is 0 Å². The van der Waals surface area contributed by atoms with Crippen molar-refractivity contribution < 1.29 is 0 Å². The molecule has 0 saturated carbocycles. The number of H-pyrrole nitrogens is 1.